The number of carbonyl (C=O) groups excluding carboxylic acids is 1. The van der Waals surface area contributed by atoms with Gasteiger partial charge in [0.25, 0.3) is 0 Å². The highest BCUT2D eigenvalue weighted by Gasteiger charge is 2.44. The molecule has 8 N–H and O–H groups in total. The first-order valence-electron chi connectivity index (χ1n) is 41.4. The zero-order valence-electron chi connectivity index (χ0n) is 61.3. The van der Waals surface area contributed by atoms with E-state index in [-0.39, 0.29) is 6.42 Å². The summed E-state index contributed by atoms with van der Waals surface area (Å²) < 4.78 is 11.2. The van der Waals surface area contributed by atoms with E-state index in [0.717, 1.165) is 38.5 Å². The maximum atomic E-state index is 13.3. The average molecular weight is 1310 g/mol. The molecule has 0 aliphatic carbocycles. The summed E-state index contributed by atoms with van der Waals surface area (Å²) in [5.41, 5.74) is 0. The van der Waals surface area contributed by atoms with Crippen LogP contribution in [0.1, 0.15) is 444 Å². The number of ether oxygens (including phenoxy) is 2. The molecule has 550 valence electrons. The number of hydrogen-bond donors (Lipinski definition) is 8. The van der Waals surface area contributed by atoms with Crippen molar-refractivity contribution >= 4 is 5.91 Å². The first-order chi connectivity index (χ1) is 45.2. The lowest BCUT2D eigenvalue weighted by Crippen LogP contribution is -2.60. The van der Waals surface area contributed by atoms with Crippen molar-refractivity contribution in [3.05, 3.63) is 0 Å². The average Bonchev–Trinajstić information content (AvgIpc) is 0.913. The molecule has 1 amide bonds. The van der Waals surface area contributed by atoms with E-state index < -0.39 is 74.2 Å². The zero-order chi connectivity index (χ0) is 66.7. The zero-order valence-corrected chi connectivity index (χ0v) is 61.3. The number of carbonyl (C=O) groups is 1. The summed E-state index contributed by atoms with van der Waals surface area (Å²) in [6, 6.07) is -1.17. The van der Waals surface area contributed by atoms with Crippen LogP contribution >= 0.6 is 0 Å². The van der Waals surface area contributed by atoms with E-state index in [9.17, 15) is 40.5 Å². The van der Waals surface area contributed by atoms with Gasteiger partial charge in [-0.1, -0.05) is 431 Å². The van der Waals surface area contributed by atoms with E-state index in [1.165, 1.54) is 366 Å². The van der Waals surface area contributed by atoms with E-state index >= 15 is 0 Å². The lowest BCUT2D eigenvalue weighted by molar-refractivity contribution is -0.303. The van der Waals surface area contributed by atoms with E-state index in [2.05, 4.69) is 19.2 Å². The van der Waals surface area contributed by atoms with Gasteiger partial charge in [0, 0.05) is 0 Å². The molecule has 92 heavy (non-hydrogen) atoms. The van der Waals surface area contributed by atoms with Crippen LogP contribution in [-0.2, 0) is 14.3 Å². The van der Waals surface area contributed by atoms with Gasteiger partial charge in [0.2, 0.25) is 5.91 Å². The second-order valence-corrected chi connectivity index (χ2v) is 29.6. The van der Waals surface area contributed by atoms with Crippen LogP contribution < -0.4 is 5.32 Å². The van der Waals surface area contributed by atoms with Crippen LogP contribution in [0.25, 0.3) is 0 Å². The monoisotopic (exact) mass is 1310 g/mol. The molecule has 1 heterocycles. The fraction of sp³-hybridized carbons (Fsp3) is 0.988. The molecule has 0 spiro atoms. The van der Waals surface area contributed by atoms with E-state index in [1.54, 1.807) is 0 Å². The Balaban J connectivity index is 2.10. The minimum Gasteiger partial charge on any atom is -0.394 e. The summed E-state index contributed by atoms with van der Waals surface area (Å²) in [4.78, 5) is 13.3. The van der Waals surface area contributed by atoms with Crippen molar-refractivity contribution in [3.8, 4) is 0 Å². The summed E-state index contributed by atoms with van der Waals surface area (Å²) in [7, 11) is 0. The molecule has 0 bridgehead atoms. The largest absolute Gasteiger partial charge is 0.394 e. The van der Waals surface area contributed by atoms with Gasteiger partial charge in [-0.2, -0.15) is 0 Å². The van der Waals surface area contributed by atoms with Gasteiger partial charge in [0.05, 0.1) is 25.4 Å². The van der Waals surface area contributed by atoms with Gasteiger partial charge in [-0.3, -0.25) is 4.79 Å². The van der Waals surface area contributed by atoms with Crippen LogP contribution in [0, 0.1) is 0 Å². The summed E-state index contributed by atoms with van der Waals surface area (Å²) >= 11 is 0. The second-order valence-electron chi connectivity index (χ2n) is 29.6. The van der Waals surface area contributed by atoms with Crippen LogP contribution in [0.2, 0.25) is 0 Å². The SMILES string of the molecule is CCCCCCCCCCCCCCCCCCCCCCCCCCCCCCCCCCCCC(O)C(=O)NC(COC1OC(CO)C(O)C(O)C1O)C(O)C(O)CCCCCCCCCCCCCCCCCCCCCCCCCCCCCCCCC. The molecule has 9 unspecified atom stereocenters. The molecule has 11 heteroatoms. The molecule has 0 saturated carbocycles. The number of hydrogen-bond acceptors (Lipinski definition) is 10. The Bertz CT molecular complexity index is 1460. The van der Waals surface area contributed by atoms with Crippen molar-refractivity contribution in [2.45, 2.75) is 499 Å². The molecule has 9 atom stereocenters. The molecule has 1 aliphatic rings. The molecule has 0 aromatic carbocycles. The lowest BCUT2D eigenvalue weighted by atomic mass is 9.98. The fourth-order valence-corrected chi connectivity index (χ4v) is 14.1. The minimum atomic E-state index is -1.66. The maximum Gasteiger partial charge on any atom is 0.249 e. The number of rotatable bonds is 75. The first-order valence-corrected chi connectivity index (χ1v) is 41.4. The highest BCUT2D eigenvalue weighted by molar-refractivity contribution is 5.80. The van der Waals surface area contributed by atoms with Crippen LogP contribution in [0.15, 0.2) is 0 Å². The van der Waals surface area contributed by atoms with Crippen molar-refractivity contribution in [1.82, 2.24) is 5.32 Å². The number of aliphatic hydroxyl groups excluding tert-OH is 7. The van der Waals surface area contributed by atoms with Gasteiger partial charge in [-0.15, -0.1) is 0 Å². The van der Waals surface area contributed by atoms with Crippen LogP contribution in [0.5, 0.6) is 0 Å². The predicted octanol–water partition coefficient (Wildman–Crippen LogP) is 21.5. The Morgan fingerprint density at radius 2 is 0.565 bits per heavy atom. The smallest absolute Gasteiger partial charge is 0.249 e. The number of aliphatic hydroxyl groups is 7. The van der Waals surface area contributed by atoms with Crippen LogP contribution in [0.4, 0.5) is 0 Å². The molecule has 0 aromatic heterocycles. The predicted molar refractivity (Wildman–Crippen MR) is 390 cm³/mol. The number of unbranched alkanes of at least 4 members (excludes halogenated alkanes) is 63. The quantitative estimate of drug-likeness (QED) is 0.0272. The summed E-state index contributed by atoms with van der Waals surface area (Å²) in [5, 5.41) is 76.8. The number of nitrogens with one attached hydrogen (secondary N) is 1. The normalized spacial score (nSPS) is 18.2. The Kier molecular flexibility index (Phi) is 67.8. The molecule has 0 radical (unpaired) electrons. The summed E-state index contributed by atoms with van der Waals surface area (Å²) in [5.74, 6) is -0.685. The summed E-state index contributed by atoms with van der Waals surface area (Å²) in [6.45, 7) is 3.55. The topological polar surface area (TPSA) is 189 Å². The standard InChI is InChI=1S/C81H161NO10/c1-3-5-7-9-11-13-15-17-19-21-23-25-27-29-31-33-35-36-37-39-41-43-45-47-49-51-53-55-57-59-61-63-65-67-69-74(85)80(90)82-72(71-91-81-79(89)78(88)77(87)75(70-83)92-81)76(86)73(84)68-66-64-62-60-58-56-54-52-50-48-46-44-42-40-38-34-32-30-28-26-24-22-20-18-16-14-12-10-8-6-4-2/h72-79,81,83-89H,3-71H2,1-2H3,(H,82,90). The summed E-state index contributed by atoms with van der Waals surface area (Å²) in [6.07, 6.45) is 76.6. The first kappa shape index (κ1) is 89.1. The number of amides is 1. The third-order valence-corrected chi connectivity index (χ3v) is 20.7. The molecule has 0 aromatic rings. The van der Waals surface area contributed by atoms with Crippen molar-refractivity contribution in [1.29, 1.82) is 0 Å². The Morgan fingerprint density at radius 3 is 0.804 bits per heavy atom. The van der Waals surface area contributed by atoms with Gasteiger partial charge in [0.15, 0.2) is 6.29 Å². The van der Waals surface area contributed by atoms with Gasteiger partial charge in [-0.05, 0) is 12.8 Å². The molecule has 1 fully saturated rings. The van der Waals surface area contributed by atoms with Gasteiger partial charge in [0.1, 0.15) is 36.6 Å². The van der Waals surface area contributed by atoms with Gasteiger partial charge in [-0.25, -0.2) is 0 Å². The van der Waals surface area contributed by atoms with E-state index in [4.69, 9.17) is 9.47 Å². The molecular formula is C81H161NO10. The van der Waals surface area contributed by atoms with E-state index in [1.807, 2.05) is 0 Å². The van der Waals surface area contributed by atoms with Crippen LogP contribution in [-0.4, -0.2) is 110 Å². The molecule has 1 rings (SSSR count). The molecular weight excluding hydrogens is 1150 g/mol. The highest BCUT2D eigenvalue weighted by Crippen LogP contribution is 2.25. The molecule has 11 nitrogen and oxygen atoms in total. The second kappa shape index (κ2) is 70.0. The fourth-order valence-electron chi connectivity index (χ4n) is 14.1. The Hall–Kier alpha value is -0.890. The minimum absolute atomic E-state index is 0.268. The van der Waals surface area contributed by atoms with Gasteiger partial charge < -0.3 is 50.5 Å². The van der Waals surface area contributed by atoms with Gasteiger partial charge >= 0.3 is 0 Å². The Morgan fingerprint density at radius 1 is 0.337 bits per heavy atom. The highest BCUT2D eigenvalue weighted by atomic mass is 16.7. The van der Waals surface area contributed by atoms with Crippen molar-refractivity contribution in [2.75, 3.05) is 13.2 Å². The van der Waals surface area contributed by atoms with Crippen molar-refractivity contribution in [3.63, 3.8) is 0 Å². The molecule has 1 aliphatic heterocycles. The Labute approximate surface area is 570 Å². The van der Waals surface area contributed by atoms with E-state index in [0.29, 0.717) is 19.3 Å². The van der Waals surface area contributed by atoms with Crippen molar-refractivity contribution < 1.29 is 50.0 Å². The third-order valence-electron chi connectivity index (χ3n) is 20.7. The third kappa shape index (κ3) is 56.0. The maximum absolute atomic E-state index is 13.3. The van der Waals surface area contributed by atoms with Crippen molar-refractivity contribution in [2.24, 2.45) is 0 Å². The molecule has 1 saturated heterocycles. The van der Waals surface area contributed by atoms with Crippen LogP contribution in [0.3, 0.4) is 0 Å². The lowest BCUT2D eigenvalue weighted by Gasteiger charge is -2.40.